The van der Waals surface area contributed by atoms with Crippen LogP contribution in [0.15, 0.2) is 45.6 Å². The zero-order chi connectivity index (χ0) is 15.7. The molecule has 0 aliphatic carbocycles. The molecule has 1 aromatic heterocycles. The highest BCUT2D eigenvalue weighted by Gasteiger charge is 2.08. The Kier molecular flexibility index (Phi) is 4.00. The SMILES string of the molecule is Cn1c(=O)oc2cc(CNCc3c(F)cccc3Cl)ccc21. The lowest BCUT2D eigenvalue weighted by atomic mass is 10.2. The number of nitrogens with zero attached hydrogens (tertiary/aromatic N) is 1. The topological polar surface area (TPSA) is 47.2 Å². The molecular formula is C16H14ClFN2O2. The molecule has 0 saturated heterocycles. The van der Waals surface area contributed by atoms with Crippen LogP contribution in [0.25, 0.3) is 11.1 Å². The molecule has 0 atom stereocenters. The first-order valence-corrected chi connectivity index (χ1v) is 7.16. The van der Waals surface area contributed by atoms with Crippen LogP contribution in [0.3, 0.4) is 0 Å². The molecule has 1 heterocycles. The second-order valence-electron chi connectivity index (χ2n) is 5.03. The summed E-state index contributed by atoms with van der Waals surface area (Å²) >= 11 is 5.98. The number of nitrogens with one attached hydrogen (secondary N) is 1. The minimum atomic E-state index is -0.391. The van der Waals surface area contributed by atoms with E-state index in [1.165, 1.54) is 10.6 Å². The van der Waals surface area contributed by atoms with Crippen molar-refractivity contribution in [2.24, 2.45) is 7.05 Å². The molecule has 2 aromatic carbocycles. The molecular weight excluding hydrogens is 307 g/mol. The second-order valence-corrected chi connectivity index (χ2v) is 5.44. The van der Waals surface area contributed by atoms with Crippen molar-refractivity contribution < 1.29 is 8.81 Å². The third kappa shape index (κ3) is 2.77. The molecule has 0 radical (unpaired) electrons. The summed E-state index contributed by atoms with van der Waals surface area (Å²) in [5.74, 6) is -0.720. The third-order valence-electron chi connectivity index (χ3n) is 3.55. The van der Waals surface area contributed by atoms with Gasteiger partial charge in [0.2, 0.25) is 0 Å². The predicted octanol–water partition coefficient (Wildman–Crippen LogP) is 3.21. The Bertz CT molecular complexity index is 865. The van der Waals surface area contributed by atoms with Crippen molar-refractivity contribution in [1.82, 2.24) is 9.88 Å². The monoisotopic (exact) mass is 320 g/mol. The lowest BCUT2D eigenvalue weighted by Crippen LogP contribution is -2.14. The molecule has 0 aliphatic heterocycles. The quantitative estimate of drug-likeness (QED) is 0.803. The lowest BCUT2D eigenvalue weighted by molar-refractivity contribution is 0.527. The van der Waals surface area contributed by atoms with E-state index in [0.717, 1.165) is 11.1 Å². The minimum absolute atomic E-state index is 0.322. The fourth-order valence-corrected chi connectivity index (χ4v) is 2.55. The van der Waals surface area contributed by atoms with Gasteiger partial charge < -0.3 is 9.73 Å². The van der Waals surface area contributed by atoms with E-state index in [2.05, 4.69) is 5.32 Å². The highest BCUT2D eigenvalue weighted by Crippen LogP contribution is 2.19. The Labute approximate surface area is 131 Å². The van der Waals surface area contributed by atoms with Crippen LogP contribution in [0.2, 0.25) is 5.02 Å². The van der Waals surface area contributed by atoms with Crippen molar-refractivity contribution in [2.75, 3.05) is 0 Å². The van der Waals surface area contributed by atoms with E-state index in [4.69, 9.17) is 16.0 Å². The average Bonchev–Trinajstić information content (AvgIpc) is 2.77. The summed E-state index contributed by atoms with van der Waals surface area (Å²) in [6.45, 7) is 0.835. The van der Waals surface area contributed by atoms with E-state index in [9.17, 15) is 9.18 Å². The Morgan fingerprint density at radius 1 is 1.27 bits per heavy atom. The minimum Gasteiger partial charge on any atom is -0.408 e. The first kappa shape index (κ1) is 14.8. The molecule has 0 spiro atoms. The van der Waals surface area contributed by atoms with Crippen LogP contribution in [0.1, 0.15) is 11.1 Å². The molecule has 1 N–H and O–H groups in total. The maximum absolute atomic E-state index is 13.7. The molecule has 0 amide bonds. The van der Waals surface area contributed by atoms with Gasteiger partial charge in [0.25, 0.3) is 0 Å². The molecule has 3 rings (SSSR count). The van der Waals surface area contributed by atoms with Crippen molar-refractivity contribution in [3.8, 4) is 0 Å². The number of hydrogen-bond donors (Lipinski definition) is 1. The summed E-state index contributed by atoms with van der Waals surface area (Å²) in [6, 6.07) is 10.1. The van der Waals surface area contributed by atoms with Gasteiger partial charge >= 0.3 is 5.76 Å². The van der Waals surface area contributed by atoms with Crippen LogP contribution in [0, 0.1) is 5.82 Å². The van der Waals surface area contributed by atoms with Gasteiger partial charge in [0.05, 0.1) is 5.52 Å². The average molecular weight is 321 g/mol. The van der Waals surface area contributed by atoms with Gasteiger partial charge in [0.15, 0.2) is 5.58 Å². The molecule has 0 unspecified atom stereocenters. The maximum Gasteiger partial charge on any atom is 0.419 e. The highest BCUT2D eigenvalue weighted by molar-refractivity contribution is 6.31. The van der Waals surface area contributed by atoms with Gasteiger partial charge in [0.1, 0.15) is 5.82 Å². The number of halogens is 2. The predicted molar refractivity (Wildman–Crippen MR) is 83.4 cm³/mol. The Balaban J connectivity index is 1.73. The van der Waals surface area contributed by atoms with Crippen LogP contribution < -0.4 is 11.1 Å². The first-order chi connectivity index (χ1) is 10.6. The summed E-state index contributed by atoms with van der Waals surface area (Å²) in [5, 5.41) is 3.53. The van der Waals surface area contributed by atoms with Crippen molar-refractivity contribution in [2.45, 2.75) is 13.1 Å². The Morgan fingerprint density at radius 2 is 2.09 bits per heavy atom. The van der Waals surface area contributed by atoms with Crippen LogP contribution >= 0.6 is 11.6 Å². The Hall–Kier alpha value is -2.11. The molecule has 0 bridgehead atoms. The highest BCUT2D eigenvalue weighted by atomic mass is 35.5. The van der Waals surface area contributed by atoms with Gasteiger partial charge in [-0.2, -0.15) is 0 Å². The van der Waals surface area contributed by atoms with Gasteiger partial charge in [-0.15, -0.1) is 0 Å². The van der Waals surface area contributed by atoms with Crippen molar-refractivity contribution in [3.05, 3.63) is 68.9 Å². The summed E-state index contributed by atoms with van der Waals surface area (Å²) < 4.78 is 20.2. The zero-order valence-corrected chi connectivity index (χ0v) is 12.7. The summed E-state index contributed by atoms with van der Waals surface area (Å²) in [4.78, 5) is 11.4. The zero-order valence-electron chi connectivity index (χ0n) is 11.9. The van der Waals surface area contributed by atoms with Gasteiger partial charge in [-0.3, -0.25) is 4.57 Å². The van der Waals surface area contributed by atoms with Gasteiger partial charge in [0, 0.05) is 30.7 Å². The van der Waals surface area contributed by atoms with E-state index in [-0.39, 0.29) is 5.82 Å². The molecule has 0 fully saturated rings. The van der Waals surface area contributed by atoms with Crippen LogP contribution in [0.5, 0.6) is 0 Å². The number of rotatable bonds is 4. The molecule has 3 aromatic rings. The molecule has 4 nitrogen and oxygen atoms in total. The van der Waals surface area contributed by atoms with Crippen molar-refractivity contribution >= 4 is 22.7 Å². The van der Waals surface area contributed by atoms with Gasteiger partial charge in [-0.25, -0.2) is 9.18 Å². The van der Waals surface area contributed by atoms with Crippen LogP contribution in [0.4, 0.5) is 4.39 Å². The van der Waals surface area contributed by atoms with Crippen LogP contribution in [-0.4, -0.2) is 4.57 Å². The molecule has 22 heavy (non-hydrogen) atoms. The normalized spacial score (nSPS) is 11.2. The number of hydrogen-bond acceptors (Lipinski definition) is 3. The van der Waals surface area contributed by atoms with E-state index >= 15 is 0 Å². The van der Waals surface area contributed by atoms with Gasteiger partial charge in [-0.1, -0.05) is 23.7 Å². The van der Waals surface area contributed by atoms with Crippen molar-refractivity contribution in [3.63, 3.8) is 0 Å². The largest absolute Gasteiger partial charge is 0.419 e. The molecule has 0 aliphatic rings. The Morgan fingerprint density at radius 3 is 2.86 bits per heavy atom. The number of oxazole rings is 1. The fourth-order valence-electron chi connectivity index (χ4n) is 2.32. The summed E-state index contributed by atoms with van der Waals surface area (Å²) in [6.07, 6.45) is 0. The van der Waals surface area contributed by atoms with E-state index in [0.29, 0.717) is 29.3 Å². The van der Waals surface area contributed by atoms with Crippen LogP contribution in [-0.2, 0) is 20.1 Å². The number of aromatic nitrogens is 1. The number of benzene rings is 2. The standard InChI is InChI=1S/C16H14ClFN2O2/c1-20-14-6-5-10(7-15(14)22-16(20)21)8-19-9-11-12(17)3-2-4-13(11)18/h2-7,19H,8-9H2,1H3. The number of aryl methyl sites for hydroxylation is 1. The summed E-state index contributed by atoms with van der Waals surface area (Å²) in [5.41, 5.74) is 2.66. The van der Waals surface area contributed by atoms with Gasteiger partial charge in [-0.05, 0) is 29.8 Å². The second kappa shape index (κ2) is 5.94. The summed E-state index contributed by atoms with van der Waals surface area (Å²) in [7, 11) is 1.66. The molecule has 6 heteroatoms. The fraction of sp³-hybridized carbons (Fsp3) is 0.188. The maximum atomic E-state index is 13.7. The number of fused-ring (bicyclic) bond motifs is 1. The molecule has 114 valence electrons. The smallest absolute Gasteiger partial charge is 0.408 e. The van der Waals surface area contributed by atoms with E-state index < -0.39 is 5.76 Å². The lowest BCUT2D eigenvalue weighted by Gasteiger charge is -2.08. The third-order valence-corrected chi connectivity index (χ3v) is 3.90. The van der Waals surface area contributed by atoms with E-state index in [1.54, 1.807) is 25.2 Å². The first-order valence-electron chi connectivity index (χ1n) is 6.78. The molecule has 0 saturated carbocycles. The van der Waals surface area contributed by atoms with E-state index in [1.807, 2.05) is 12.1 Å². The van der Waals surface area contributed by atoms with Crippen molar-refractivity contribution in [1.29, 1.82) is 0 Å².